The fraction of sp³-hybridized carbons (Fsp3) is 0.200. The van der Waals surface area contributed by atoms with E-state index in [1.807, 2.05) is 0 Å². The fourth-order valence-electron chi connectivity index (χ4n) is 1.01. The summed E-state index contributed by atoms with van der Waals surface area (Å²) in [5, 5.41) is 8.40. The lowest BCUT2D eigenvalue weighted by atomic mass is 10.2. The van der Waals surface area contributed by atoms with Crippen molar-refractivity contribution in [1.29, 1.82) is 0 Å². The number of hydrogen-bond donors (Lipinski definition) is 1. The molecule has 16 heavy (non-hydrogen) atoms. The minimum Gasteiger partial charge on any atom is -0.465 e. The summed E-state index contributed by atoms with van der Waals surface area (Å²) in [5.41, 5.74) is -1.11. The average molecular weight is 261 g/mol. The third kappa shape index (κ3) is 3.23. The van der Waals surface area contributed by atoms with Crippen LogP contribution in [0.15, 0.2) is 29.2 Å². The summed E-state index contributed by atoms with van der Waals surface area (Å²) in [4.78, 5) is 22.5. The highest BCUT2D eigenvalue weighted by Gasteiger charge is 2.18. The Labute approximate surface area is 102 Å². The zero-order valence-electron chi connectivity index (χ0n) is 8.34. The van der Waals surface area contributed by atoms with Gasteiger partial charge in [0, 0.05) is 4.90 Å². The Hall–Kier alpha value is -1.04. The van der Waals surface area contributed by atoms with Gasteiger partial charge in [0.2, 0.25) is 0 Å². The monoisotopic (exact) mass is 260 g/mol. The molecule has 0 saturated carbocycles. The first-order valence-electron chi connectivity index (χ1n) is 4.27. The van der Waals surface area contributed by atoms with Gasteiger partial charge in [-0.15, -0.1) is 0 Å². The zero-order valence-corrected chi connectivity index (χ0v) is 9.92. The minimum absolute atomic E-state index is 0.284. The molecule has 1 N–H and O–H groups in total. The predicted molar refractivity (Wildman–Crippen MR) is 60.5 cm³/mol. The molecule has 0 aliphatic rings. The summed E-state index contributed by atoms with van der Waals surface area (Å²) in [6.07, 6.45) is 0. The van der Waals surface area contributed by atoms with Gasteiger partial charge >= 0.3 is 5.97 Å². The summed E-state index contributed by atoms with van der Waals surface area (Å²) < 4.78 is 4.57. The van der Waals surface area contributed by atoms with E-state index in [0.717, 1.165) is 11.8 Å². The minimum atomic E-state index is -1.40. The van der Waals surface area contributed by atoms with E-state index in [0.29, 0.717) is 4.90 Å². The van der Waals surface area contributed by atoms with E-state index in [1.54, 1.807) is 24.3 Å². The number of aliphatic hydroxyl groups is 1. The summed E-state index contributed by atoms with van der Waals surface area (Å²) in [7, 11) is 1.26. The highest BCUT2D eigenvalue weighted by Crippen LogP contribution is 2.27. The molecule has 0 heterocycles. The maximum absolute atomic E-state index is 11.4. The largest absolute Gasteiger partial charge is 0.465 e. The summed E-state index contributed by atoms with van der Waals surface area (Å²) in [5.74, 6) is -0.530. The van der Waals surface area contributed by atoms with Gasteiger partial charge in [0.1, 0.15) is 0 Å². The number of hydrogen-bond acceptors (Lipinski definition) is 5. The number of methoxy groups -OCH3 is 1. The Balaban J connectivity index is 2.95. The second kappa shape index (κ2) is 5.89. The quantitative estimate of drug-likeness (QED) is 0.386. The zero-order chi connectivity index (χ0) is 12.1. The molecule has 0 saturated heterocycles. The summed E-state index contributed by atoms with van der Waals surface area (Å²) >= 11 is 5.91. The fourth-order valence-corrected chi connectivity index (χ4v) is 1.92. The van der Waals surface area contributed by atoms with E-state index in [9.17, 15) is 14.7 Å². The molecule has 0 bridgehead atoms. The molecule has 0 aromatic heterocycles. The van der Waals surface area contributed by atoms with Gasteiger partial charge in [0.05, 0.1) is 12.7 Å². The normalized spacial score (nSPS) is 11.9. The molecule has 1 rings (SSSR count). The van der Waals surface area contributed by atoms with Gasteiger partial charge in [0.25, 0.3) is 5.24 Å². The van der Waals surface area contributed by atoms with Gasteiger partial charge in [-0.1, -0.05) is 23.9 Å². The molecule has 4 nitrogen and oxygen atoms in total. The van der Waals surface area contributed by atoms with E-state index in [4.69, 9.17) is 11.6 Å². The molecule has 0 radical (unpaired) electrons. The van der Waals surface area contributed by atoms with Crippen LogP contribution in [0.5, 0.6) is 0 Å². The molecule has 1 aromatic rings. The van der Waals surface area contributed by atoms with Crippen molar-refractivity contribution < 1.29 is 19.4 Å². The van der Waals surface area contributed by atoms with Crippen molar-refractivity contribution in [2.45, 2.75) is 10.3 Å². The topological polar surface area (TPSA) is 63.6 Å². The summed E-state index contributed by atoms with van der Waals surface area (Å²) in [6.45, 7) is 0. The lowest BCUT2D eigenvalue weighted by Crippen LogP contribution is -2.11. The second-order valence-electron chi connectivity index (χ2n) is 2.76. The van der Waals surface area contributed by atoms with Crippen LogP contribution in [-0.4, -0.2) is 28.9 Å². The Morgan fingerprint density at radius 1 is 1.44 bits per heavy atom. The van der Waals surface area contributed by atoms with Gasteiger partial charge < -0.3 is 9.84 Å². The molecule has 86 valence electrons. The van der Waals surface area contributed by atoms with Crippen LogP contribution in [0.1, 0.15) is 10.4 Å². The smallest absolute Gasteiger partial charge is 0.338 e. The Morgan fingerprint density at radius 3 is 2.62 bits per heavy atom. The molecule has 0 aliphatic carbocycles. The van der Waals surface area contributed by atoms with Crippen LogP contribution >= 0.6 is 23.4 Å². The number of esters is 1. The van der Waals surface area contributed by atoms with Crippen molar-refractivity contribution in [3.63, 3.8) is 0 Å². The first-order chi connectivity index (χ1) is 7.56. The number of aliphatic hydroxyl groups excluding tert-OH is 1. The molecular weight excluding hydrogens is 252 g/mol. The van der Waals surface area contributed by atoms with Crippen LogP contribution in [-0.2, 0) is 9.53 Å². The molecular formula is C10H9ClO4S. The van der Waals surface area contributed by atoms with Gasteiger partial charge in [0.15, 0.2) is 5.44 Å². The first kappa shape index (κ1) is 13.0. The molecule has 0 aliphatic heterocycles. The van der Waals surface area contributed by atoms with E-state index in [1.165, 1.54) is 7.11 Å². The van der Waals surface area contributed by atoms with E-state index < -0.39 is 16.6 Å². The molecule has 0 fully saturated rings. The standard InChI is InChI=1S/C10H9ClO4S/c1-15-9(13)6-4-2-3-5-7(6)16-10(14)8(11)12/h2-5,10,14H,1H3. The van der Waals surface area contributed by atoms with Crippen LogP contribution < -0.4 is 0 Å². The number of ether oxygens (including phenoxy) is 1. The third-order valence-electron chi connectivity index (χ3n) is 1.73. The first-order valence-corrected chi connectivity index (χ1v) is 5.53. The second-order valence-corrected chi connectivity index (χ2v) is 4.26. The Morgan fingerprint density at radius 2 is 2.06 bits per heavy atom. The van der Waals surface area contributed by atoms with Gasteiger partial charge in [-0.2, -0.15) is 0 Å². The van der Waals surface area contributed by atoms with E-state index >= 15 is 0 Å². The van der Waals surface area contributed by atoms with Crippen molar-refractivity contribution >= 4 is 34.6 Å². The highest BCUT2D eigenvalue weighted by molar-refractivity contribution is 8.00. The lowest BCUT2D eigenvalue weighted by Gasteiger charge is -2.09. The Bertz CT molecular complexity index is 408. The van der Waals surface area contributed by atoms with Gasteiger partial charge in [-0.3, -0.25) is 4.79 Å². The average Bonchev–Trinajstić information content (AvgIpc) is 2.28. The predicted octanol–water partition coefficient (Wildman–Crippen LogP) is 1.65. The number of benzene rings is 1. The van der Waals surface area contributed by atoms with Crippen LogP contribution in [0, 0.1) is 0 Å². The van der Waals surface area contributed by atoms with Crippen LogP contribution in [0.25, 0.3) is 0 Å². The van der Waals surface area contributed by atoms with Crippen LogP contribution in [0.2, 0.25) is 0 Å². The van der Waals surface area contributed by atoms with Gasteiger partial charge in [-0.25, -0.2) is 4.79 Å². The lowest BCUT2D eigenvalue weighted by molar-refractivity contribution is -0.115. The molecule has 0 amide bonds. The van der Waals surface area contributed by atoms with Crippen molar-refractivity contribution in [3.05, 3.63) is 29.8 Å². The molecule has 1 atom stereocenters. The molecule has 1 aromatic carbocycles. The van der Waals surface area contributed by atoms with Crippen molar-refractivity contribution in [1.82, 2.24) is 0 Å². The summed E-state index contributed by atoms with van der Waals surface area (Å²) in [6, 6.07) is 6.48. The Kier molecular flexibility index (Phi) is 4.79. The van der Waals surface area contributed by atoms with Gasteiger partial charge in [-0.05, 0) is 23.7 Å². The van der Waals surface area contributed by atoms with Crippen molar-refractivity contribution in [2.24, 2.45) is 0 Å². The molecule has 0 spiro atoms. The van der Waals surface area contributed by atoms with E-state index in [2.05, 4.69) is 4.74 Å². The molecule has 1 unspecified atom stereocenters. The van der Waals surface area contributed by atoms with Crippen molar-refractivity contribution in [2.75, 3.05) is 7.11 Å². The number of rotatable bonds is 4. The third-order valence-corrected chi connectivity index (χ3v) is 3.11. The number of carbonyl (C=O) groups excluding carboxylic acids is 2. The van der Waals surface area contributed by atoms with Crippen LogP contribution in [0.4, 0.5) is 0 Å². The van der Waals surface area contributed by atoms with Crippen LogP contribution in [0.3, 0.4) is 0 Å². The number of carbonyl (C=O) groups is 2. The maximum atomic E-state index is 11.4. The number of halogens is 1. The SMILES string of the molecule is COC(=O)c1ccccc1SC(O)C(=O)Cl. The van der Waals surface area contributed by atoms with Crippen molar-refractivity contribution in [3.8, 4) is 0 Å². The van der Waals surface area contributed by atoms with E-state index in [-0.39, 0.29) is 5.56 Å². The maximum Gasteiger partial charge on any atom is 0.338 e. The highest BCUT2D eigenvalue weighted by atomic mass is 35.5. The number of thioether (sulfide) groups is 1. The molecule has 6 heteroatoms.